The standard InChI is InChI=1S/C22H29FN6O/c1-15-18(13-25-19(24-2)26-15)29-14-21(27-20(29)30)8-10-22(11-9-21,28(3)4)16-6-5-7-17(23)12-16/h5-7,12-13H,8-11,14H2,1-4H3,(H,27,30)(H,24,25,26)/t21-,22-. The molecular formula is C22H29FN6O. The monoisotopic (exact) mass is 412 g/mol. The van der Waals surface area contributed by atoms with E-state index in [9.17, 15) is 9.18 Å². The molecule has 1 aliphatic heterocycles. The van der Waals surface area contributed by atoms with Gasteiger partial charge in [-0.15, -0.1) is 0 Å². The molecule has 30 heavy (non-hydrogen) atoms. The highest BCUT2D eigenvalue weighted by molar-refractivity contribution is 5.95. The Bertz CT molecular complexity index is 954. The fraction of sp³-hybridized carbons (Fsp3) is 0.500. The van der Waals surface area contributed by atoms with Crippen molar-refractivity contribution in [1.29, 1.82) is 0 Å². The molecule has 1 saturated carbocycles. The largest absolute Gasteiger partial charge is 0.357 e. The smallest absolute Gasteiger partial charge is 0.322 e. The molecule has 1 aromatic heterocycles. The molecule has 0 radical (unpaired) electrons. The molecule has 1 spiro atoms. The quantitative estimate of drug-likeness (QED) is 0.806. The van der Waals surface area contributed by atoms with Crippen LogP contribution in [0.25, 0.3) is 0 Å². The summed E-state index contributed by atoms with van der Waals surface area (Å²) in [4.78, 5) is 25.5. The number of anilines is 2. The number of benzene rings is 1. The van der Waals surface area contributed by atoms with Crippen LogP contribution in [0.3, 0.4) is 0 Å². The van der Waals surface area contributed by atoms with Gasteiger partial charge >= 0.3 is 6.03 Å². The number of halogens is 1. The van der Waals surface area contributed by atoms with E-state index in [4.69, 9.17) is 0 Å². The molecule has 2 aliphatic rings. The molecule has 7 nitrogen and oxygen atoms in total. The lowest BCUT2D eigenvalue weighted by Gasteiger charge is -2.48. The topological polar surface area (TPSA) is 73.4 Å². The van der Waals surface area contributed by atoms with E-state index in [1.54, 1.807) is 30.3 Å². The van der Waals surface area contributed by atoms with Crippen LogP contribution in [0.4, 0.5) is 20.8 Å². The van der Waals surface area contributed by atoms with Crippen LogP contribution in [-0.4, -0.2) is 54.1 Å². The number of urea groups is 1. The fourth-order valence-electron chi connectivity index (χ4n) is 4.95. The lowest BCUT2D eigenvalue weighted by Crippen LogP contribution is -2.54. The molecule has 2 fully saturated rings. The molecule has 1 aromatic carbocycles. The highest BCUT2D eigenvalue weighted by Gasteiger charge is 2.50. The van der Waals surface area contributed by atoms with Gasteiger partial charge in [0.15, 0.2) is 0 Å². The summed E-state index contributed by atoms with van der Waals surface area (Å²) in [7, 11) is 5.86. The van der Waals surface area contributed by atoms with Gasteiger partial charge in [-0.25, -0.2) is 19.2 Å². The first kappa shape index (κ1) is 20.5. The Balaban J connectivity index is 1.56. The average Bonchev–Trinajstić information content (AvgIpc) is 3.04. The third kappa shape index (κ3) is 3.39. The molecule has 2 heterocycles. The molecule has 160 valence electrons. The zero-order chi connectivity index (χ0) is 21.5. The Labute approximate surface area is 176 Å². The molecule has 0 atom stereocenters. The van der Waals surface area contributed by atoms with E-state index in [-0.39, 0.29) is 22.9 Å². The first-order valence-corrected chi connectivity index (χ1v) is 10.3. The van der Waals surface area contributed by atoms with Crippen LogP contribution in [-0.2, 0) is 5.54 Å². The molecule has 1 aliphatic carbocycles. The van der Waals surface area contributed by atoms with Crippen molar-refractivity contribution in [2.75, 3.05) is 37.9 Å². The van der Waals surface area contributed by atoms with Gasteiger partial charge in [0.05, 0.1) is 29.7 Å². The second-order valence-electron chi connectivity index (χ2n) is 8.65. The molecular weight excluding hydrogens is 383 g/mol. The van der Waals surface area contributed by atoms with Crippen LogP contribution >= 0.6 is 0 Å². The minimum Gasteiger partial charge on any atom is -0.357 e. The number of carbonyl (C=O) groups excluding carboxylic acids is 1. The van der Waals surface area contributed by atoms with Gasteiger partial charge < -0.3 is 10.6 Å². The molecule has 2 amide bonds. The Morgan fingerprint density at radius 2 is 1.97 bits per heavy atom. The number of amides is 2. The third-order valence-corrected chi connectivity index (χ3v) is 6.80. The number of aromatic nitrogens is 2. The number of nitrogens with one attached hydrogen (secondary N) is 2. The van der Waals surface area contributed by atoms with Gasteiger partial charge in [0.1, 0.15) is 5.82 Å². The van der Waals surface area contributed by atoms with Gasteiger partial charge in [0.2, 0.25) is 5.95 Å². The Morgan fingerprint density at radius 3 is 2.57 bits per heavy atom. The first-order chi connectivity index (χ1) is 14.3. The second-order valence-corrected chi connectivity index (χ2v) is 8.65. The molecule has 2 N–H and O–H groups in total. The first-order valence-electron chi connectivity index (χ1n) is 10.3. The van der Waals surface area contributed by atoms with Crippen molar-refractivity contribution < 1.29 is 9.18 Å². The number of rotatable bonds is 4. The van der Waals surface area contributed by atoms with Gasteiger partial charge in [0.25, 0.3) is 0 Å². The number of hydrogen-bond donors (Lipinski definition) is 2. The summed E-state index contributed by atoms with van der Waals surface area (Å²) in [5, 5.41) is 6.16. The maximum atomic E-state index is 13.9. The Kier molecular flexibility index (Phi) is 5.13. The van der Waals surface area contributed by atoms with Crippen molar-refractivity contribution in [1.82, 2.24) is 20.2 Å². The summed E-state index contributed by atoms with van der Waals surface area (Å²) in [6, 6.07) is 6.79. The maximum absolute atomic E-state index is 13.9. The van der Waals surface area contributed by atoms with Crippen LogP contribution in [0.1, 0.15) is 36.9 Å². The van der Waals surface area contributed by atoms with E-state index < -0.39 is 0 Å². The summed E-state index contributed by atoms with van der Waals surface area (Å²) in [6.07, 6.45) is 5.01. The molecule has 2 aromatic rings. The fourth-order valence-corrected chi connectivity index (χ4v) is 4.95. The van der Waals surface area contributed by atoms with Crippen molar-refractivity contribution >= 4 is 17.7 Å². The van der Waals surface area contributed by atoms with Crippen molar-refractivity contribution in [3.63, 3.8) is 0 Å². The number of aryl methyl sites for hydroxylation is 1. The lowest BCUT2D eigenvalue weighted by atomic mass is 9.69. The predicted octanol–water partition coefficient (Wildman–Crippen LogP) is 3.27. The highest BCUT2D eigenvalue weighted by Crippen LogP contribution is 2.46. The summed E-state index contributed by atoms with van der Waals surface area (Å²) < 4.78 is 13.9. The van der Waals surface area contributed by atoms with E-state index in [0.29, 0.717) is 12.5 Å². The summed E-state index contributed by atoms with van der Waals surface area (Å²) >= 11 is 0. The molecule has 4 rings (SSSR count). The predicted molar refractivity (Wildman–Crippen MR) is 115 cm³/mol. The summed E-state index contributed by atoms with van der Waals surface area (Å²) in [5.74, 6) is 0.323. The van der Waals surface area contributed by atoms with Crippen molar-refractivity contribution in [2.24, 2.45) is 0 Å². The van der Waals surface area contributed by atoms with Crippen molar-refractivity contribution in [3.8, 4) is 0 Å². The van der Waals surface area contributed by atoms with Gasteiger partial charge in [-0.05, 0) is 64.4 Å². The van der Waals surface area contributed by atoms with Gasteiger partial charge in [-0.3, -0.25) is 9.80 Å². The van der Waals surface area contributed by atoms with Crippen LogP contribution < -0.4 is 15.5 Å². The average molecular weight is 413 g/mol. The van der Waals surface area contributed by atoms with Crippen LogP contribution in [0.5, 0.6) is 0 Å². The van der Waals surface area contributed by atoms with Gasteiger partial charge in [-0.2, -0.15) is 0 Å². The molecule has 0 bridgehead atoms. The van der Waals surface area contributed by atoms with Crippen LogP contribution in [0.2, 0.25) is 0 Å². The van der Waals surface area contributed by atoms with Crippen molar-refractivity contribution in [2.45, 2.75) is 43.7 Å². The zero-order valence-electron chi connectivity index (χ0n) is 18.0. The maximum Gasteiger partial charge on any atom is 0.322 e. The number of hydrogen-bond acceptors (Lipinski definition) is 5. The van der Waals surface area contributed by atoms with E-state index in [1.807, 2.05) is 27.1 Å². The van der Waals surface area contributed by atoms with Gasteiger partial charge in [-0.1, -0.05) is 12.1 Å². The minimum absolute atomic E-state index is 0.109. The number of carbonyl (C=O) groups is 1. The van der Waals surface area contributed by atoms with E-state index in [2.05, 4.69) is 25.5 Å². The Morgan fingerprint density at radius 1 is 1.23 bits per heavy atom. The highest BCUT2D eigenvalue weighted by atomic mass is 19.1. The molecule has 0 unspecified atom stereocenters. The summed E-state index contributed by atoms with van der Waals surface area (Å²) in [6.45, 7) is 2.47. The normalized spacial score (nSPS) is 26.3. The minimum atomic E-state index is -0.294. The zero-order valence-corrected chi connectivity index (χ0v) is 18.0. The second kappa shape index (κ2) is 7.50. The van der Waals surface area contributed by atoms with Crippen molar-refractivity contribution in [3.05, 3.63) is 47.5 Å². The van der Waals surface area contributed by atoms with Crippen LogP contribution in [0, 0.1) is 12.7 Å². The summed E-state index contributed by atoms with van der Waals surface area (Å²) in [5.41, 5.74) is 1.96. The lowest BCUT2D eigenvalue weighted by molar-refractivity contribution is 0.0655. The van der Waals surface area contributed by atoms with Gasteiger partial charge in [0, 0.05) is 12.6 Å². The number of nitrogens with zero attached hydrogens (tertiary/aromatic N) is 4. The SMILES string of the molecule is CNc1ncc(N2C[C@]3(CC[C@@](c4cccc(F)c4)(N(C)C)CC3)NC2=O)c(C)n1. The van der Waals surface area contributed by atoms with E-state index in [0.717, 1.165) is 42.6 Å². The van der Waals surface area contributed by atoms with E-state index in [1.165, 1.54) is 6.07 Å². The Hall–Kier alpha value is -2.74. The van der Waals surface area contributed by atoms with E-state index >= 15 is 0 Å². The van der Waals surface area contributed by atoms with Crippen LogP contribution in [0.15, 0.2) is 30.5 Å². The third-order valence-electron chi connectivity index (χ3n) is 6.80. The molecule has 1 saturated heterocycles. The molecule has 8 heteroatoms.